The summed E-state index contributed by atoms with van der Waals surface area (Å²) in [5.74, 6) is 0.841. The summed E-state index contributed by atoms with van der Waals surface area (Å²) in [6.45, 7) is 3.77. The van der Waals surface area contributed by atoms with E-state index in [1.165, 1.54) is 0 Å². The van der Waals surface area contributed by atoms with Crippen molar-refractivity contribution in [3.8, 4) is 0 Å². The molecule has 1 aromatic heterocycles. The van der Waals surface area contributed by atoms with Gasteiger partial charge in [0.2, 0.25) is 0 Å². The van der Waals surface area contributed by atoms with Crippen molar-refractivity contribution >= 4 is 5.91 Å². The third kappa shape index (κ3) is 1.68. The zero-order valence-electron chi connectivity index (χ0n) is 7.57. The number of rotatable bonds is 2. The Morgan fingerprint density at radius 1 is 1.69 bits per heavy atom. The second-order valence-electron chi connectivity index (χ2n) is 3.44. The van der Waals surface area contributed by atoms with E-state index in [2.05, 4.69) is 22.4 Å². The molecule has 2 atom stereocenters. The molecule has 2 rings (SSSR count). The lowest BCUT2D eigenvalue weighted by molar-refractivity contribution is 0.0905. The number of aromatic nitrogens is 2. The van der Waals surface area contributed by atoms with Crippen LogP contribution in [-0.2, 0) is 0 Å². The van der Waals surface area contributed by atoms with Crippen LogP contribution in [0.3, 0.4) is 0 Å². The first-order valence-electron chi connectivity index (χ1n) is 4.28. The van der Waals surface area contributed by atoms with Crippen LogP contribution in [0.2, 0.25) is 0 Å². The maximum absolute atomic E-state index is 11.3. The molecule has 0 saturated heterocycles. The molecule has 0 bridgehead atoms. The molecule has 1 aromatic rings. The van der Waals surface area contributed by atoms with Crippen molar-refractivity contribution in [1.82, 2.24) is 15.5 Å². The molecule has 1 fully saturated rings. The van der Waals surface area contributed by atoms with Gasteiger partial charge < -0.3 is 9.84 Å². The molecule has 1 amide bonds. The van der Waals surface area contributed by atoms with Gasteiger partial charge in [-0.2, -0.15) is 4.98 Å². The molecule has 1 saturated carbocycles. The number of nitrogens with one attached hydrogen (secondary N) is 1. The summed E-state index contributed by atoms with van der Waals surface area (Å²) in [5.41, 5.74) is 0. The Labute approximate surface area is 75.5 Å². The molecule has 5 heteroatoms. The van der Waals surface area contributed by atoms with E-state index in [0.29, 0.717) is 17.8 Å². The summed E-state index contributed by atoms with van der Waals surface area (Å²) in [5, 5.41) is 6.34. The van der Waals surface area contributed by atoms with Crippen molar-refractivity contribution < 1.29 is 9.32 Å². The number of carbonyl (C=O) groups is 1. The Bertz CT molecular complexity index is 334. The highest BCUT2D eigenvalue weighted by Crippen LogP contribution is 2.29. The highest BCUT2D eigenvalue weighted by atomic mass is 16.5. The highest BCUT2D eigenvalue weighted by molar-refractivity contribution is 5.89. The molecule has 13 heavy (non-hydrogen) atoms. The molecule has 1 aliphatic carbocycles. The summed E-state index contributed by atoms with van der Waals surface area (Å²) < 4.78 is 4.72. The third-order valence-corrected chi connectivity index (χ3v) is 2.15. The van der Waals surface area contributed by atoms with Crippen LogP contribution >= 0.6 is 0 Å². The van der Waals surface area contributed by atoms with Crippen LogP contribution in [0.4, 0.5) is 0 Å². The number of hydrogen-bond donors (Lipinski definition) is 1. The molecular formula is C8H11N3O2. The number of carbonyl (C=O) groups excluding carboxylic acids is 1. The minimum Gasteiger partial charge on any atom is -0.345 e. The van der Waals surface area contributed by atoms with Gasteiger partial charge in [0.05, 0.1) is 0 Å². The van der Waals surface area contributed by atoms with Gasteiger partial charge in [0.1, 0.15) is 0 Å². The summed E-state index contributed by atoms with van der Waals surface area (Å²) in [7, 11) is 0. The van der Waals surface area contributed by atoms with E-state index in [1.807, 2.05) is 0 Å². The first kappa shape index (κ1) is 8.22. The average molecular weight is 181 g/mol. The highest BCUT2D eigenvalue weighted by Gasteiger charge is 2.35. The van der Waals surface area contributed by atoms with Crippen molar-refractivity contribution in [2.45, 2.75) is 26.3 Å². The first-order chi connectivity index (χ1) is 6.16. The van der Waals surface area contributed by atoms with Crippen LogP contribution in [0.15, 0.2) is 4.52 Å². The van der Waals surface area contributed by atoms with Gasteiger partial charge in [0.15, 0.2) is 5.82 Å². The zero-order valence-corrected chi connectivity index (χ0v) is 7.57. The Hall–Kier alpha value is -1.39. The number of nitrogens with zero attached hydrogens (tertiary/aromatic N) is 2. The van der Waals surface area contributed by atoms with Gasteiger partial charge >= 0.3 is 11.8 Å². The Kier molecular flexibility index (Phi) is 1.79. The van der Waals surface area contributed by atoms with Crippen molar-refractivity contribution in [2.24, 2.45) is 5.92 Å². The quantitative estimate of drug-likeness (QED) is 0.722. The van der Waals surface area contributed by atoms with E-state index in [-0.39, 0.29) is 11.8 Å². The number of amides is 1. The maximum atomic E-state index is 11.3. The van der Waals surface area contributed by atoms with Crippen LogP contribution in [0, 0.1) is 12.8 Å². The fourth-order valence-corrected chi connectivity index (χ4v) is 1.14. The summed E-state index contributed by atoms with van der Waals surface area (Å²) in [4.78, 5) is 15.2. The van der Waals surface area contributed by atoms with Crippen LogP contribution in [0.25, 0.3) is 0 Å². The van der Waals surface area contributed by atoms with Crippen molar-refractivity contribution in [2.75, 3.05) is 0 Å². The average Bonchev–Trinajstić information content (AvgIpc) is 2.62. The van der Waals surface area contributed by atoms with Gasteiger partial charge in [-0.15, -0.1) is 0 Å². The zero-order chi connectivity index (χ0) is 9.42. The fraction of sp³-hybridized carbons (Fsp3) is 0.625. The molecular weight excluding hydrogens is 170 g/mol. The molecule has 0 aromatic carbocycles. The minimum atomic E-state index is -0.269. The van der Waals surface area contributed by atoms with E-state index in [1.54, 1.807) is 6.92 Å². The Morgan fingerprint density at radius 3 is 2.85 bits per heavy atom. The van der Waals surface area contributed by atoms with Gasteiger partial charge in [-0.05, 0) is 19.3 Å². The molecule has 70 valence electrons. The van der Waals surface area contributed by atoms with Crippen LogP contribution in [0.1, 0.15) is 29.9 Å². The van der Waals surface area contributed by atoms with E-state index in [9.17, 15) is 4.79 Å². The van der Waals surface area contributed by atoms with E-state index in [4.69, 9.17) is 4.52 Å². The maximum Gasteiger partial charge on any atom is 0.315 e. The van der Waals surface area contributed by atoms with Crippen LogP contribution in [-0.4, -0.2) is 22.1 Å². The molecule has 0 radical (unpaired) electrons. The predicted molar refractivity (Wildman–Crippen MR) is 44.1 cm³/mol. The van der Waals surface area contributed by atoms with Gasteiger partial charge in [-0.1, -0.05) is 12.1 Å². The predicted octanol–water partition coefficient (Wildman–Crippen LogP) is 0.516. The molecule has 5 nitrogen and oxygen atoms in total. The molecule has 1 N–H and O–H groups in total. The Morgan fingerprint density at radius 2 is 2.38 bits per heavy atom. The SMILES string of the molecule is Cc1noc(C(=O)N[C@@H]2C[C@H]2C)n1. The summed E-state index contributed by atoms with van der Waals surface area (Å²) in [6.07, 6.45) is 1.04. The lowest BCUT2D eigenvalue weighted by Crippen LogP contribution is -2.26. The second kappa shape index (κ2) is 2.83. The number of aryl methyl sites for hydroxylation is 1. The normalized spacial score (nSPS) is 25.7. The van der Waals surface area contributed by atoms with Crippen molar-refractivity contribution in [1.29, 1.82) is 0 Å². The Balaban J connectivity index is 1.97. The van der Waals surface area contributed by atoms with E-state index < -0.39 is 0 Å². The van der Waals surface area contributed by atoms with Gasteiger partial charge in [-0.3, -0.25) is 4.79 Å². The van der Waals surface area contributed by atoms with Gasteiger partial charge in [-0.25, -0.2) is 0 Å². The third-order valence-electron chi connectivity index (χ3n) is 2.15. The first-order valence-corrected chi connectivity index (χ1v) is 4.28. The molecule has 1 heterocycles. The second-order valence-corrected chi connectivity index (χ2v) is 3.44. The van der Waals surface area contributed by atoms with Crippen LogP contribution in [0.5, 0.6) is 0 Å². The van der Waals surface area contributed by atoms with Gasteiger partial charge in [0.25, 0.3) is 0 Å². The molecule has 0 spiro atoms. The standard InChI is InChI=1S/C8H11N3O2/c1-4-3-6(4)10-7(12)8-9-5(2)11-13-8/h4,6H,3H2,1-2H3,(H,10,12)/t4-,6-/m1/s1. The smallest absolute Gasteiger partial charge is 0.315 e. The number of hydrogen-bond acceptors (Lipinski definition) is 4. The molecule has 1 aliphatic rings. The largest absolute Gasteiger partial charge is 0.345 e. The van der Waals surface area contributed by atoms with E-state index in [0.717, 1.165) is 6.42 Å². The van der Waals surface area contributed by atoms with Crippen molar-refractivity contribution in [3.63, 3.8) is 0 Å². The lowest BCUT2D eigenvalue weighted by atomic mass is 10.4. The monoisotopic (exact) mass is 181 g/mol. The van der Waals surface area contributed by atoms with E-state index >= 15 is 0 Å². The lowest BCUT2D eigenvalue weighted by Gasteiger charge is -1.96. The van der Waals surface area contributed by atoms with Crippen LogP contribution < -0.4 is 5.32 Å². The van der Waals surface area contributed by atoms with Crippen molar-refractivity contribution in [3.05, 3.63) is 11.7 Å². The molecule has 0 unspecified atom stereocenters. The fourth-order valence-electron chi connectivity index (χ4n) is 1.14. The molecule has 0 aliphatic heterocycles. The van der Waals surface area contributed by atoms with Gasteiger partial charge in [0, 0.05) is 6.04 Å². The summed E-state index contributed by atoms with van der Waals surface area (Å²) >= 11 is 0. The minimum absolute atomic E-state index is 0.0524. The topological polar surface area (TPSA) is 68.0 Å². The summed E-state index contributed by atoms with van der Waals surface area (Å²) in [6, 6.07) is 0.291.